The van der Waals surface area contributed by atoms with Crippen LogP contribution in [0.1, 0.15) is 48.5 Å². The van der Waals surface area contributed by atoms with E-state index in [4.69, 9.17) is 14.6 Å². The molecule has 0 saturated heterocycles. The zero-order valence-corrected chi connectivity index (χ0v) is 15.7. The van der Waals surface area contributed by atoms with Crippen LogP contribution in [-0.4, -0.2) is 55.2 Å². The van der Waals surface area contributed by atoms with E-state index in [2.05, 4.69) is 24.2 Å². The molecule has 1 aromatic carbocycles. The van der Waals surface area contributed by atoms with Gasteiger partial charge in [0, 0.05) is 12.1 Å². The first-order valence-corrected chi connectivity index (χ1v) is 8.66. The van der Waals surface area contributed by atoms with E-state index in [-0.39, 0.29) is 17.9 Å². The van der Waals surface area contributed by atoms with Crippen LogP contribution < -0.4 is 10.1 Å². The summed E-state index contributed by atoms with van der Waals surface area (Å²) in [5, 5.41) is 10.0. The summed E-state index contributed by atoms with van der Waals surface area (Å²) < 4.78 is 5.34. The standard InChI is InChI=1S/C18H28N2O2.CH2O2/c1-5-20(3)18(11-6-7-12-18)13-19-17(21)16-14(2)9-8-10-15(16)22-4;2-1-3/h8-10H,5-7,11-13H2,1-4H3,(H,19,21);1H,(H,2,3). The molecule has 0 aromatic heterocycles. The third kappa shape index (κ3) is 5.19. The molecule has 1 amide bonds. The van der Waals surface area contributed by atoms with Gasteiger partial charge in [-0.15, -0.1) is 0 Å². The van der Waals surface area contributed by atoms with Gasteiger partial charge in [-0.3, -0.25) is 14.5 Å². The van der Waals surface area contributed by atoms with Crippen molar-refractivity contribution in [3.8, 4) is 5.75 Å². The van der Waals surface area contributed by atoms with Crippen molar-refractivity contribution >= 4 is 12.4 Å². The summed E-state index contributed by atoms with van der Waals surface area (Å²) in [7, 11) is 3.76. The van der Waals surface area contributed by atoms with Gasteiger partial charge in [0.25, 0.3) is 12.4 Å². The summed E-state index contributed by atoms with van der Waals surface area (Å²) in [6, 6.07) is 5.70. The fraction of sp³-hybridized carbons (Fsp3) is 0.579. The Labute approximate surface area is 150 Å². The van der Waals surface area contributed by atoms with E-state index in [0.717, 1.165) is 24.9 Å². The number of carbonyl (C=O) groups excluding carboxylic acids is 1. The van der Waals surface area contributed by atoms with E-state index >= 15 is 0 Å². The van der Waals surface area contributed by atoms with Crippen LogP contribution in [0.4, 0.5) is 0 Å². The Hall–Kier alpha value is -2.08. The summed E-state index contributed by atoms with van der Waals surface area (Å²) >= 11 is 0. The number of likely N-dealkylation sites (N-methyl/N-ethyl adjacent to an activating group) is 1. The van der Waals surface area contributed by atoms with Gasteiger partial charge >= 0.3 is 0 Å². The van der Waals surface area contributed by atoms with E-state index in [1.54, 1.807) is 7.11 Å². The van der Waals surface area contributed by atoms with E-state index < -0.39 is 0 Å². The van der Waals surface area contributed by atoms with Crippen molar-refractivity contribution in [3.05, 3.63) is 29.3 Å². The third-order valence-corrected chi connectivity index (χ3v) is 5.08. The van der Waals surface area contributed by atoms with Crippen LogP contribution in [0.3, 0.4) is 0 Å². The number of ether oxygens (including phenoxy) is 1. The summed E-state index contributed by atoms with van der Waals surface area (Å²) in [6.07, 6.45) is 4.80. The van der Waals surface area contributed by atoms with Crippen molar-refractivity contribution in [1.29, 1.82) is 0 Å². The molecule has 1 fully saturated rings. The topological polar surface area (TPSA) is 78.9 Å². The first-order chi connectivity index (χ1) is 12.0. The lowest BCUT2D eigenvalue weighted by Gasteiger charge is -2.38. The van der Waals surface area contributed by atoms with Crippen LogP contribution in [-0.2, 0) is 4.79 Å². The molecule has 2 rings (SSSR count). The fourth-order valence-electron chi connectivity index (χ4n) is 3.50. The minimum Gasteiger partial charge on any atom is -0.496 e. The molecule has 1 saturated carbocycles. The molecule has 0 radical (unpaired) electrons. The van der Waals surface area contributed by atoms with Crippen LogP contribution in [0.2, 0.25) is 0 Å². The Morgan fingerprint density at radius 2 is 2.00 bits per heavy atom. The molecule has 0 aliphatic heterocycles. The van der Waals surface area contributed by atoms with Gasteiger partial charge in [0.2, 0.25) is 0 Å². The molecular formula is C19H30N2O4. The molecule has 25 heavy (non-hydrogen) atoms. The Kier molecular flexibility index (Phi) is 8.41. The maximum Gasteiger partial charge on any atom is 0.290 e. The molecule has 6 nitrogen and oxygen atoms in total. The molecule has 1 aliphatic rings. The molecule has 1 aromatic rings. The van der Waals surface area contributed by atoms with Gasteiger partial charge in [-0.2, -0.15) is 0 Å². The normalized spacial score (nSPS) is 15.2. The quantitative estimate of drug-likeness (QED) is 0.771. The van der Waals surface area contributed by atoms with Crippen molar-refractivity contribution in [2.45, 2.75) is 45.1 Å². The first-order valence-electron chi connectivity index (χ1n) is 8.66. The Morgan fingerprint density at radius 3 is 2.52 bits per heavy atom. The second kappa shape index (κ2) is 10.0. The Bertz CT molecular complexity index is 569. The molecule has 1 aliphatic carbocycles. The SMILES string of the molecule is CCN(C)C1(CNC(=O)c2c(C)cccc2OC)CCCC1.O=CO. The van der Waals surface area contributed by atoms with Crippen molar-refractivity contribution in [1.82, 2.24) is 10.2 Å². The van der Waals surface area contributed by atoms with Crippen molar-refractivity contribution in [2.75, 3.05) is 27.2 Å². The van der Waals surface area contributed by atoms with Gasteiger partial charge in [-0.25, -0.2) is 0 Å². The molecule has 0 spiro atoms. The van der Waals surface area contributed by atoms with Crippen molar-refractivity contribution in [3.63, 3.8) is 0 Å². The zero-order chi connectivity index (χ0) is 18.9. The van der Waals surface area contributed by atoms with Gasteiger partial charge in [0.05, 0.1) is 12.7 Å². The number of hydrogen-bond donors (Lipinski definition) is 2. The van der Waals surface area contributed by atoms with E-state index in [0.29, 0.717) is 17.9 Å². The minimum atomic E-state index is -0.250. The number of carbonyl (C=O) groups is 2. The number of nitrogens with one attached hydrogen (secondary N) is 1. The average Bonchev–Trinajstić information content (AvgIpc) is 3.09. The van der Waals surface area contributed by atoms with E-state index in [1.165, 1.54) is 12.8 Å². The molecule has 140 valence electrons. The maximum absolute atomic E-state index is 12.6. The van der Waals surface area contributed by atoms with Crippen molar-refractivity contribution in [2.24, 2.45) is 0 Å². The van der Waals surface area contributed by atoms with Crippen LogP contribution in [0.5, 0.6) is 5.75 Å². The molecule has 2 N–H and O–H groups in total. The van der Waals surface area contributed by atoms with Crippen LogP contribution in [0.15, 0.2) is 18.2 Å². The molecule has 0 bridgehead atoms. The first kappa shape index (κ1) is 21.0. The lowest BCUT2D eigenvalue weighted by atomic mass is 9.95. The molecule has 0 heterocycles. The highest BCUT2D eigenvalue weighted by Crippen LogP contribution is 2.34. The highest BCUT2D eigenvalue weighted by atomic mass is 16.5. The molecule has 0 unspecified atom stereocenters. The molecule has 0 atom stereocenters. The number of benzene rings is 1. The zero-order valence-electron chi connectivity index (χ0n) is 15.7. The number of nitrogens with zero attached hydrogens (tertiary/aromatic N) is 1. The second-order valence-corrected chi connectivity index (χ2v) is 6.39. The molecule has 6 heteroatoms. The highest BCUT2D eigenvalue weighted by Gasteiger charge is 2.37. The number of carboxylic acid groups (broad SMARTS) is 1. The van der Waals surface area contributed by atoms with Crippen molar-refractivity contribution < 1.29 is 19.4 Å². The Morgan fingerprint density at radius 1 is 1.40 bits per heavy atom. The lowest BCUT2D eigenvalue weighted by Crippen LogP contribution is -2.52. The maximum atomic E-state index is 12.6. The van der Waals surface area contributed by atoms with E-state index in [9.17, 15) is 4.79 Å². The number of rotatable bonds is 6. The van der Waals surface area contributed by atoms with Crippen LogP contribution in [0.25, 0.3) is 0 Å². The summed E-state index contributed by atoms with van der Waals surface area (Å²) in [5.74, 6) is 0.604. The predicted octanol–water partition coefficient (Wildman–Crippen LogP) is 2.70. The number of hydrogen-bond acceptors (Lipinski definition) is 4. The molecular weight excluding hydrogens is 320 g/mol. The predicted molar refractivity (Wildman–Crippen MR) is 98.3 cm³/mol. The van der Waals surface area contributed by atoms with Crippen LogP contribution >= 0.6 is 0 Å². The summed E-state index contributed by atoms with van der Waals surface area (Å²) in [6.45, 7) is 5.57. The number of amides is 1. The smallest absolute Gasteiger partial charge is 0.290 e. The lowest BCUT2D eigenvalue weighted by molar-refractivity contribution is -0.122. The summed E-state index contributed by atoms with van der Waals surface area (Å²) in [4.78, 5) is 23.4. The largest absolute Gasteiger partial charge is 0.496 e. The highest BCUT2D eigenvalue weighted by molar-refractivity contribution is 5.98. The average molecular weight is 350 g/mol. The number of aryl methyl sites for hydroxylation is 1. The van der Waals surface area contributed by atoms with Gasteiger partial charge in [0.1, 0.15) is 5.75 Å². The Balaban J connectivity index is 0.000000970. The monoisotopic (exact) mass is 350 g/mol. The van der Waals surface area contributed by atoms with Crippen LogP contribution in [0, 0.1) is 6.92 Å². The van der Waals surface area contributed by atoms with Gasteiger partial charge < -0.3 is 15.2 Å². The van der Waals surface area contributed by atoms with Gasteiger partial charge in [-0.1, -0.05) is 31.9 Å². The third-order valence-electron chi connectivity index (χ3n) is 5.08. The fourth-order valence-corrected chi connectivity index (χ4v) is 3.50. The minimum absolute atomic E-state index is 0.0364. The van der Waals surface area contributed by atoms with Gasteiger partial charge in [-0.05, 0) is 45.0 Å². The van der Waals surface area contributed by atoms with E-state index in [1.807, 2.05) is 25.1 Å². The summed E-state index contributed by atoms with van der Waals surface area (Å²) in [5.41, 5.74) is 1.71. The number of methoxy groups -OCH3 is 1. The second-order valence-electron chi connectivity index (χ2n) is 6.39. The van der Waals surface area contributed by atoms with Gasteiger partial charge in [0.15, 0.2) is 0 Å².